The minimum Gasteiger partial charge on any atom is -0.378 e. The molecule has 0 atom stereocenters. The van der Waals surface area contributed by atoms with Gasteiger partial charge in [0.2, 0.25) is 0 Å². The van der Waals surface area contributed by atoms with Crippen LogP contribution in [0.15, 0.2) is 5.11 Å². The van der Waals surface area contributed by atoms with Crippen molar-refractivity contribution in [3.8, 4) is 0 Å². The van der Waals surface area contributed by atoms with Gasteiger partial charge in [0.25, 0.3) is 0 Å². The molecule has 0 aromatic heterocycles. The first kappa shape index (κ1) is 10.6. The van der Waals surface area contributed by atoms with Gasteiger partial charge in [-0.1, -0.05) is 5.11 Å². The van der Waals surface area contributed by atoms with Crippen LogP contribution in [0.2, 0.25) is 0 Å². The third kappa shape index (κ3) is 3.51. The number of morpholine rings is 1. The summed E-state index contributed by atoms with van der Waals surface area (Å²) < 4.78 is 5.10. The Kier molecular flexibility index (Phi) is 4.60. The second-order valence-corrected chi connectivity index (χ2v) is 2.79. The van der Waals surface area contributed by atoms with Gasteiger partial charge in [0, 0.05) is 31.1 Å². The lowest BCUT2D eigenvalue weighted by atomic mass is 10.4. The fraction of sp³-hybridized carbons (Fsp3) is 0.857. The van der Waals surface area contributed by atoms with E-state index in [0.29, 0.717) is 32.8 Å². The number of carbonyl (C=O) groups is 1. The van der Waals surface area contributed by atoms with Crippen LogP contribution in [-0.2, 0) is 4.74 Å². The van der Waals surface area contributed by atoms with E-state index in [1.165, 1.54) is 0 Å². The highest BCUT2D eigenvalue weighted by Gasteiger charge is 2.15. The van der Waals surface area contributed by atoms with Crippen LogP contribution < -0.4 is 5.32 Å². The van der Waals surface area contributed by atoms with Gasteiger partial charge in [-0.15, -0.1) is 0 Å². The fourth-order valence-electron chi connectivity index (χ4n) is 1.14. The molecular weight excluding hydrogens is 186 g/mol. The van der Waals surface area contributed by atoms with E-state index in [1.54, 1.807) is 4.90 Å². The van der Waals surface area contributed by atoms with E-state index in [9.17, 15) is 4.79 Å². The molecule has 1 heterocycles. The highest BCUT2D eigenvalue weighted by atomic mass is 16.5. The third-order valence-electron chi connectivity index (χ3n) is 1.85. The van der Waals surface area contributed by atoms with Crippen LogP contribution in [0.5, 0.6) is 0 Å². The van der Waals surface area contributed by atoms with E-state index in [2.05, 4.69) is 15.3 Å². The van der Waals surface area contributed by atoms with E-state index in [-0.39, 0.29) is 12.6 Å². The van der Waals surface area contributed by atoms with Gasteiger partial charge in [-0.2, -0.15) is 0 Å². The summed E-state index contributed by atoms with van der Waals surface area (Å²) in [6.45, 7) is 3.07. The standard InChI is InChI=1S/C7H13N5O2/c8-11-10-2-1-9-7(13)12-3-5-14-6-4-12/h1-6H2,(H,9,13). The molecule has 0 spiro atoms. The van der Waals surface area contributed by atoms with Crippen LogP contribution in [0, 0.1) is 0 Å². The molecule has 0 saturated carbocycles. The maximum Gasteiger partial charge on any atom is 0.317 e. The summed E-state index contributed by atoms with van der Waals surface area (Å²) in [4.78, 5) is 15.7. The number of amides is 2. The number of hydrogen-bond acceptors (Lipinski definition) is 3. The van der Waals surface area contributed by atoms with E-state index >= 15 is 0 Å². The zero-order valence-electron chi connectivity index (χ0n) is 7.85. The van der Waals surface area contributed by atoms with Gasteiger partial charge in [-0.05, 0) is 5.53 Å². The number of azide groups is 1. The van der Waals surface area contributed by atoms with Gasteiger partial charge in [0.1, 0.15) is 0 Å². The Morgan fingerprint density at radius 2 is 2.29 bits per heavy atom. The largest absolute Gasteiger partial charge is 0.378 e. The molecule has 78 valence electrons. The molecule has 0 aliphatic carbocycles. The lowest BCUT2D eigenvalue weighted by Crippen LogP contribution is -2.46. The molecule has 1 saturated heterocycles. The summed E-state index contributed by atoms with van der Waals surface area (Å²) in [6, 6.07) is -0.124. The van der Waals surface area contributed by atoms with E-state index in [1.807, 2.05) is 0 Å². The Bertz CT molecular complexity index is 232. The molecule has 1 fully saturated rings. The molecule has 1 aliphatic rings. The highest BCUT2D eigenvalue weighted by Crippen LogP contribution is 1.96. The topological polar surface area (TPSA) is 90.3 Å². The Balaban J connectivity index is 2.16. The molecule has 0 radical (unpaired) electrons. The van der Waals surface area contributed by atoms with Gasteiger partial charge in [0.05, 0.1) is 13.2 Å². The number of carbonyl (C=O) groups excluding carboxylic acids is 1. The molecule has 7 nitrogen and oxygen atoms in total. The van der Waals surface area contributed by atoms with Crippen LogP contribution in [0.25, 0.3) is 10.4 Å². The lowest BCUT2D eigenvalue weighted by Gasteiger charge is -2.26. The summed E-state index contributed by atoms with van der Waals surface area (Å²) in [6.07, 6.45) is 0. The third-order valence-corrected chi connectivity index (χ3v) is 1.85. The van der Waals surface area contributed by atoms with Crippen molar-refractivity contribution >= 4 is 6.03 Å². The van der Waals surface area contributed by atoms with Gasteiger partial charge in [-0.3, -0.25) is 0 Å². The first-order valence-corrected chi connectivity index (χ1v) is 4.46. The molecule has 0 bridgehead atoms. The van der Waals surface area contributed by atoms with Crippen molar-refractivity contribution in [2.45, 2.75) is 0 Å². The SMILES string of the molecule is [N-]=[N+]=NCCNC(=O)N1CCOCC1. The first-order valence-electron chi connectivity index (χ1n) is 4.46. The normalized spacial score (nSPS) is 15.9. The number of nitrogens with zero attached hydrogens (tertiary/aromatic N) is 4. The quantitative estimate of drug-likeness (QED) is 0.307. The molecule has 2 amide bonds. The minimum absolute atomic E-state index is 0.124. The molecular formula is C7H13N5O2. The summed E-state index contributed by atoms with van der Waals surface area (Å²) in [5.41, 5.74) is 8.00. The van der Waals surface area contributed by atoms with Crippen LogP contribution >= 0.6 is 0 Å². The van der Waals surface area contributed by atoms with Crippen molar-refractivity contribution in [2.24, 2.45) is 5.11 Å². The van der Waals surface area contributed by atoms with Crippen LogP contribution in [0.1, 0.15) is 0 Å². The van der Waals surface area contributed by atoms with Crippen molar-refractivity contribution in [1.82, 2.24) is 10.2 Å². The van der Waals surface area contributed by atoms with Gasteiger partial charge >= 0.3 is 6.03 Å². The average Bonchev–Trinajstić information content (AvgIpc) is 2.25. The predicted molar refractivity (Wildman–Crippen MR) is 49.8 cm³/mol. The number of ether oxygens (including phenoxy) is 1. The van der Waals surface area contributed by atoms with Crippen LogP contribution in [0.3, 0.4) is 0 Å². The maximum absolute atomic E-state index is 11.4. The van der Waals surface area contributed by atoms with Crippen LogP contribution in [-0.4, -0.2) is 50.3 Å². The average molecular weight is 199 g/mol. The number of hydrogen-bond donors (Lipinski definition) is 1. The monoisotopic (exact) mass is 199 g/mol. The summed E-state index contributed by atoms with van der Waals surface area (Å²) in [7, 11) is 0. The molecule has 0 unspecified atom stereocenters. The predicted octanol–water partition coefficient (Wildman–Crippen LogP) is 0.339. The number of nitrogens with one attached hydrogen (secondary N) is 1. The van der Waals surface area contributed by atoms with Crippen molar-refractivity contribution < 1.29 is 9.53 Å². The summed E-state index contributed by atoms with van der Waals surface area (Å²) in [5.74, 6) is 0. The van der Waals surface area contributed by atoms with Crippen molar-refractivity contribution in [3.05, 3.63) is 10.4 Å². The van der Waals surface area contributed by atoms with Gasteiger partial charge in [0.15, 0.2) is 0 Å². The van der Waals surface area contributed by atoms with Crippen LogP contribution in [0.4, 0.5) is 4.79 Å². The van der Waals surface area contributed by atoms with Gasteiger partial charge in [-0.25, -0.2) is 4.79 Å². The lowest BCUT2D eigenvalue weighted by molar-refractivity contribution is 0.0533. The molecule has 1 aliphatic heterocycles. The Morgan fingerprint density at radius 3 is 2.93 bits per heavy atom. The Labute approximate surface area is 81.6 Å². The first-order chi connectivity index (χ1) is 6.84. The number of rotatable bonds is 3. The molecule has 0 aromatic carbocycles. The van der Waals surface area contributed by atoms with Crippen molar-refractivity contribution in [2.75, 3.05) is 39.4 Å². The number of urea groups is 1. The molecule has 1 N–H and O–H groups in total. The summed E-state index contributed by atoms with van der Waals surface area (Å²) in [5, 5.41) is 5.97. The minimum atomic E-state index is -0.124. The second kappa shape index (κ2) is 6.06. The Hall–Kier alpha value is -1.46. The van der Waals surface area contributed by atoms with E-state index in [0.717, 1.165) is 0 Å². The fourth-order valence-corrected chi connectivity index (χ4v) is 1.14. The molecule has 14 heavy (non-hydrogen) atoms. The Morgan fingerprint density at radius 1 is 1.57 bits per heavy atom. The molecule has 0 aromatic rings. The second-order valence-electron chi connectivity index (χ2n) is 2.79. The zero-order chi connectivity index (χ0) is 10.2. The van der Waals surface area contributed by atoms with E-state index in [4.69, 9.17) is 10.3 Å². The van der Waals surface area contributed by atoms with E-state index < -0.39 is 0 Å². The molecule has 1 rings (SSSR count). The maximum atomic E-state index is 11.4. The van der Waals surface area contributed by atoms with Crippen molar-refractivity contribution in [3.63, 3.8) is 0 Å². The highest BCUT2D eigenvalue weighted by molar-refractivity contribution is 5.74. The van der Waals surface area contributed by atoms with Gasteiger partial charge < -0.3 is 15.0 Å². The molecule has 7 heteroatoms. The van der Waals surface area contributed by atoms with Crippen molar-refractivity contribution in [1.29, 1.82) is 0 Å². The smallest absolute Gasteiger partial charge is 0.317 e. The summed E-state index contributed by atoms with van der Waals surface area (Å²) >= 11 is 0. The zero-order valence-corrected chi connectivity index (χ0v) is 7.85.